The minimum atomic E-state index is 0.836. The molecule has 0 amide bonds. The lowest BCUT2D eigenvalue weighted by molar-refractivity contribution is 0.495. The number of rotatable bonds is 0. The summed E-state index contributed by atoms with van der Waals surface area (Å²) >= 11 is 0. The molecule has 0 spiro atoms. The number of aryl methyl sites for hydroxylation is 1. The molecule has 11 heavy (non-hydrogen) atoms. The lowest BCUT2D eigenvalue weighted by Gasteiger charge is -2.17. The average molecular weight is 150 g/mol. The number of H-pyrrole nitrogens is 1. The van der Waals surface area contributed by atoms with Crippen LogP contribution in [0.2, 0.25) is 0 Å². The fourth-order valence-corrected chi connectivity index (χ4v) is 1.85. The van der Waals surface area contributed by atoms with Crippen LogP contribution in [0.15, 0.2) is 0 Å². The standard InChI is InChI=1S/C9H14N2/c1-6-3-4-8-7(2)10-11-9(8)5-6/h6H,3-5H2,1-2H3,(H,10,11). The predicted octanol–water partition coefficient (Wildman–Crippen LogP) is 1.84. The molecule has 2 heteroatoms. The molecule has 1 aromatic heterocycles. The highest BCUT2D eigenvalue weighted by molar-refractivity contribution is 5.26. The second kappa shape index (κ2) is 2.36. The summed E-state index contributed by atoms with van der Waals surface area (Å²) in [6.07, 6.45) is 3.74. The van der Waals surface area contributed by atoms with Crippen molar-refractivity contribution in [3.8, 4) is 0 Å². The smallest absolute Gasteiger partial charge is 0.0626 e. The highest BCUT2D eigenvalue weighted by Gasteiger charge is 2.18. The van der Waals surface area contributed by atoms with E-state index in [0.29, 0.717) is 0 Å². The summed E-state index contributed by atoms with van der Waals surface area (Å²) in [6, 6.07) is 0. The van der Waals surface area contributed by atoms with E-state index in [1.165, 1.54) is 36.2 Å². The van der Waals surface area contributed by atoms with E-state index in [1.807, 2.05) is 0 Å². The second-order valence-corrected chi connectivity index (χ2v) is 3.61. The number of fused-ring (bicyclic) bond motifs is 1. The molecule has 0 aromatic carbocycles. The van der Waals surface area contributed by atoms with Gasteiger partial charge in [0.2, 0.25) is 0 Å². The van der Waals surface area contributed by atoms with E-state index in [4.69, 9.17) is 0 Å². The largest absolute Gasteiger partial charge is 0.282 e. The zero-order chi connectivity index (χ0) is 7.84. The first-order valence-electron chi connectivity index (χ1n) is 4.30. The minimum Gasteiger partial charge on any atom is -0.282 e. The quantitative estimate of drug-likeness (QED) is 0.600. The Morgan fingerprint density at radius 3 is 3.18 bits per heavy atom. The summed E-state index contributed by atoms with van der Waals surface area (Å²) in [5.74, 6) is 0.836. The van der Waals surface area contributed by atoms with Crippen molar-refractivity contribution in [1.82, 2.24) is 10.2 Å². The third-order valence-corrected chi connectivity index (χ3v) is 2.60. The molecule has 1 aliphatic carbocycles. The van der Waals surface area contributed by atoms with Gasteiger partial charge in [-0.1, -0.05) is 6.92 Å². The molecular weight excluding hydrogens is 136 g/mol. The Bertz CT molecular complexity index is 263. The Labute approximate surface area is 67.0 Å². The van der Waals surface area contributed by atoms with E-state index in [9.17, 15) is 0 Å². The van der Waals surface area contributed by atoms with Crippen molar-refractivity contribution in [3.05, 3.63) is 17.0 Å². The number of nitrogens with one attached hydrogen (secondary N) is 1. The van der Waals surface area contributed by atoms with Crippen molar-refractivity contribution in [2.45, 2.75) is 33.1 Å². The van der Waals surface area contributed by atoms with Crippen molar-refractivity contribution in [3.63, 3.8) is 0 Å². The maximum Gasteiger partial charge on any atom is 0.0626 e. The molecule has 60 valence electrons. The first kappa shape index (κ1) is 6.89. The van der Waals surface area contributed by atoms with Crippen LogP contribution >= 0.6 is 0 Å². The zero-order valence-electron chi connectivity index (χ0n) is 7.15. The van der Waals surface area contributed by atoms with Gasteiger partial charge in [0, 0.05) is 5.69 Å². The molecule has 2 rings (SSSR count). The molecule has 0 fully saturated rings. The molecule has 1 aliphatic rings. The molecule has 0 aliphatic heterocycles. The van der Waals surface area contributed by atoms with E-state index in [0.717, 1.165) is 5.92 Å². The van der Waals surface area contributed by atoms with Gasteiger partial charge in [-0.25, -0.2) is 0 Å². The topological polar surface area (TPSA) is 28.7 Å². The Morgan fingerprint density at radius 2 is 2.36 bits per heavy atom. The Kier molecular flexibility index (Phi) is 1.48. The lowest BCUT2D eigenvalue weighted by Crippen LogP contribution is -2.10. The number of hydrogen-bond donors (Lipinski definition) is 1. The normalized spacial score (nSPS) is 23.3. The Hall–Kier alpha value is -0.790. The summed E-state index contributed by atoms with van der Waals surface area (Å²) in [4.78, 5) is 0. The van der Waals surface area contributed by atoms with E-state index < -0.39 is 0 Å². The molecule has 0 bridgehead atoms. The molecule has 1 aromatic rings. The maximum absolute atomic E-state index is 4.21. The van der Waals surface area contributed by atoms with Gasteiger partial charge in [0.15, 0.2) is 0 Å². The molecule has 0 saturated heterocycles. The average Bonchev–Trinajstić information content (AvgIpc) is 2.32. The van der Waals surface area contributed by atoms with E-state index in [1.54, 1.807) is 0 Å². The summed E-state index contributed by atoms with van der Waals surface area (Å²) in [6.45, 7) is 4.39. The molecule has 0 radical (unpaired) electrons. The molecular formula is C9H14N2. The van der Waals surface area contributed by atoms with Gasteiger partial charge < -0.3 is 0 Å². The summed E-state index contributed by atoms with van der Waals surface area (Å²) in [5.41, 5.74) is 4.05. The van der Waals surface area contributed by atoms with E-state index in [2.05, 4.69) is 24.0 Å². The predicted molar refractivity (Wildman–Crippen MR) is 44.5 cm³/mol. The van der Waals surface area contributed by atoms with E-state index >= 15 is 0 Å². The third kappa shape index (κ3) is 1.06. The Morgan fingerprint density at radius 1 is 1.55 bits per heavy atom. The SMILES string of the molecule is Cc1n[nH]c2c1CCC(C)C2. The van der Waals surface area contributed by atoms with Crippen LogP contribution in [0.25, 0.3) is 0 Å². The number of aromatic amines is 1. The van der Waals surface area contributed by atoms with E-state index in [-0.39, 0.29) is 0 Å². The lowest BCUT2D eigenvalue weighted by atomic mass is 9.88. The van der Waals surface area contributed by atoms with Gasteiger partial charge in [0.1, 0.15) is 0 Å². The van der Waals surface area contributed by atoms with Crippen LogP contribution in [0.1, 0.15) is 30.3 Å². The Balaban J connectivity index is 2.36. The second-order valence-electron chi connectivity index (χ2n) is 3.61. The first-order chi connectivity index (χ1) is 5.27. The van der Waals surface area contributed by atoms with Crippen LogP contribution < -0.4 is 0 Å². The third-order valence-electron chi connectivity index (χ3n) is 2.60. The van der Waals surface area contributed by atoms with Crippen molar-refractivity contribution >= 4 is 0 Å². The van der Waals surface area contributed by atoms with Crippen LogP contribution in [-0.2, 0) is 12.8 Å². The highest BCUT2D eigenvalue weighted by Crippen LogP contribution is 2.25. The summed E-state index contributed by atoms with van der Waals surface area (Å²) < 4.78 is 0. The molecule has 1 N–H and O–H groups in total. The van der Waals surface area contributed by atoms with Crippen LogP contribution in [0.5, 0.6) is 0 Å². The van der Waals surface area contributed by atoms with Crippen molar-refractivity contribution in [1.29, 1.82) is 0 Å². The number of nitrogens with zero attached hydrogens (tertiary/aromatic N) is 1. The molecule has 1 unspecified atom stereocenters. The van der Waals surface area contributed by atoms with Gasteiger partial charge in [-0.05, 0) is 37.7 Å². The minimum absolute atomic E-state index is 0.836. The van der Waals surface area contributed by atoms with Gasteiger partial charge in [0.05, 0.1) is 5.69 Å². The molecule has 1 atom stereocenters. The van der Waals surface area contributed by atoms with Crippen LogP contribution in [-0.4, -0.2) is 10.2 Å². The number of aromatic nitrogens is 2. The summed E-state index contributed by atoms with van der Waals surface area (Å²) in [7, 11) is 0. The van der Waals surface area contributed by atoms with Gasteiger partial charge in [-0.3, -0.25) is 5.10 Å². The van der Waals surface area contributed by atoms with Gasteiger partial charge in [-0.2, -0.15) is 5.10 Å². The van der Waals surface area contributed by atoms with Gasteiger partial charge >= 0.3 is 0 Å². The van der Waals surface area contributed by atoms with Crippen molar-refractivity contribution < 1.29 is 0 Å². The number of hydrogen-bond acceptors (Lipinski definition) is 1. The highest BCUT2D eigenvalue weighted by atomic mass is 15.1. The monoisotopic (exact) mass is 150 g/mol. The molecule has 0 saturated carbocycles. The fraction of sp³-hybridized carbons (Fsp3) is 0.667. The molecule has 1 heterocycles. The first-order valence-corrected chi connectivity index (χ1v) is 4.30. The summed E-state index contributed by atoms with van der Waals surface area (Å²) in [5, 5.41) is 7.31. The van der Waals surface area contributed by atoms with Crippen LogP contribution in [0.3, 0.4) is 0 Å². The van der Waals surface area contributed by atoms with Gasteiger partial charge in [0.25, 0.3) is 0 Å². The van der Waals surface area contributed by atoms with Crippen LogP contribution in [0.4, 0.5) is 0 Å². The zero-order valence-corrected chi connectivity index (χ0v) is 7.15. The molecule has 2 nitrogen and oxygen atoms in total. The fourth-order valence-electron chi connectivity index (χ4n) is 1.85. The maximum atomic E-state index is 4.21. The van der Waals surface area contributed by atoms with Crippen LogP contribution in [0, 0.1) is 12.8 Å². The van der Waals surface area contributed by atoms with Crippen molar-refractivity contribution in [2.75, 3.05) is 0 Å². The van der Waals surface area contributed by atoms with Gasteiger partial charge in [-0.15, -0.1) is 0 Å². The van der Waals surface area contributed by atoms with Crippen molar-refractivity contribution in [2.24, 2.45) is 5.92 Å².